The fourth-order valence-electron chi connectivity index (χ4n) is 3.21. The molecule has 1 aromatic rings. The van der Waals surface area contributed by atoms with Crippen LogP contribution in [0.3, 0.4) is 0 Å². The predicted molar refractivity (Wildman–Crippen MR) is 82.0 cm³/mol. The molecule has 2 N–H and O–H groups in total. The second kappa shape index (κ2) is 9.42. The number of carbonyl (C=O) groups excluding carboxylic acids is 2. The average Bonchev–Trinajstić information content (AvgIpc) is 2.55. The van der Waals surface area contributed by atoms with E-state index in [0.29, 0.717) is 19.3 Å². The number of aliphatic carboxylic acids is 1. The van der Waals surface area contributed by atoms with Crippen LogP contribution in [0.4, 0.5) is 0 Å². The van der Waals surface area contributed by atoms with Gasteiger partial charge in [-0.05, 0) is 24.8 Å². The van der Waals surface area contributed by atoms with E-state index < -0.39 is 17.6 Å². The van der Waals surface area contributed by atoms with Crippen molar-refractivity contribution >= 4 is 11.9 Å². The average molecular weight is 326 g/mol. The quantitative estimate of drug-likeness (QED) is 0.562. The van der Waals surface area contributed by atoms with E-state index in [-0.39, 0.29) is 35.5 Å². The molecule has 0 bridgehead atoms. The third kappa shape index (κ3) is 5.31. The molecule has 23 heavy (non-hydrogen) atoms. The summed E-state index contributed by atoms with van der Waals surface area (Å²) in [5.74, 6) is -1.30. The number of amides is 1. The number of carboxylic acids is 1. The summed E-state index contributed by atoms with van der Waals surface area (Å²) >= 11 is 0. The molecule has 1 saturated carbocycles. The maximum Gasteiger partial charge on any atom is 1.00 e. The second-order valence-corrected chi connectivity index (χ2v) is 5.93. The van der Waals surface area contributed by atoms with Crippen LogP contribution in [0.25, 0.3) is 0 Å². The van der Waals surface area contributed by atoms with Crippen LogP contribution in [0.15, 0.2) is 30.3 Å². The number of hydrogen-bond donors (Lipinski definition) is 2. The smallest absolute Gasteiger partial charge is 0.548 e. The molecule has 0 saturated heterocycles. The summed E-state index contributed by atoms with van der Waals surface area (Å²) < 4.78 is 0. The topological polar surface area (TPSA) is 81.3 Å². The van der Waals surface area contributed by atoms with Crippen molar-refractivity contribution in [3.63, 3.8) is 0 Å². The van der Waals surface area contributed by atoms with E-state index in [1.807, 2.05) is 30.3 Å². The zero-order valence-corrected chi connectivity index (χ0v) is 15.9. The first kappa shape index (κ1) is 20.2. The standard InChI is InChI=1S/C17H24N2O3.Na/c1-18-16(22)17(10-6-3-7-11-17)19-14(15(20)21)12-13-8-4-2-5-9-13;/h2,4-5,8-9,14,19H,3,6-7,10-12H2,1H3,(H,18,22)(H,20,21);/q;+1/p-1/t14-;/m0./s1. The van der Waals surface area contributed by atoms with Gasteiger partial charge >= 0.3 is 29.6 Å². The van der Waals surface area contributed by atoms with Gasteiger partial charge in [-0.2, -0.15) is 0 Å². The van der Waals surface area contributed by atoms with Gasteiger partial charge in [-0.3, -0.25) is 10.1 Å². The molecular formula is C17H23N2NaO3. The van der Waals surface area contributed by atoms with Gasteiger partial charge in [0.15, 0.2) is 0 Å². The Labute approximate surface area is 159 Å². The van der Waals surface area contributed by atoms with Crippen molar-refractivity contribution in [1.82, 2.24) is 10.6 Å². The van der Waals surface area contributed by atoms with E-state index in [4.69, 9.17) is 0 Å². The fourth-order valence-corrected chi connectivity index (χ4v) is 3.21. The van der Waals surface area contributed by atoms with Gasteiger partial charge in [0.05, 0.1) is 17.6 Å². The third-order valence-corrected chi connectivity index (χ3v) is 4.39. The molecule has 5 nitrogen and oxygen atoms in total. The molecule has 0 radical (unpaired) electrons. The Morgan fingerprint density at radius 2 is 1.78 bits per heavy atom. The van der Waals surface area contributed by atoms with Crippen molar-refractivity contribution in [2.75, 3.05) is 7.05 Å². The molecular weight excluding hydrogens is 303 g/mol. The largest absolute Gasteiger partial charge is 1.00 e. The minimum atomic E-state index is -1.17. The van der Waals surface area contributed by atoms with Crippen LogP contribution in [0.2, 0.25) is 0 Å². The van der Waals surface area contributed by atoms with Crippen molar-refractivity contribution in [3.8, 4) is 0 Å². The first-order valence-corrected chi connectivity index (χ1v) is 7.82. The SMILES string of the molecule is CNC(=O)C1(N[C@@H](Cc2ccccc2)C(=O)[O-])CCCCC1.[Na+]. The van der Waals surface area contributed by atoms with Crippen LogP contribution in [-0.2, 0) is 16.0 Å². The molecule has 1 atom stereocenters. The molecule has 2 rings (SSSR count). The van der Waals surface area contributed by atoms with Crippen LogP contribution in [0, 0.1) is 0 Å². The zero-order valence-electron chi connectivity index (χ0n) is 13.9. The number of rotatable bonds is 6. The Morgan fingerprint density at radius 3 is 2.30 bits per heavy atom. The molecule has 0 aliphatic heterocycles. The molecule has 1 aliphatic rings. The van der Waals surface area contributed by atoms with E-state index in [1.54, 1.807) is 7.05 Å². The van der Waals surface area contributed by atoms with Crippen molar-refractivity contribution < 1.29 is 44.3 Å². The summed E-state index contributed by atoms with van der Waals surface area (Å²) in [5, 5.41) is 17.3. The van der Waals surface area contributed by atoms with Crippen LogP contribution < -0.4 is 45.3 Å². The first-order valence-electron chi connectivity index (χ1n) is 7.82. The van der Waals surface area contributed by atoms with Crippen LogP contribution in [-0.4, -0.2) is 30.5 Å². The van der Waals surface area contributed by atoms with E-state index in [2.05, 4.69) is 10.6 Å². The summed E-state index contributed by atoms with van der Waals surface area (Å²) in [6, 6.07) is 8.51. The van der Waals surface area contributed by atoms with E-state index in [0.717, 1.165) is 24.8 Å². The zero-order chi connectivity index (χ0) is 16.0. The van der Waals surface area contributed by atoms with E-state index in [1.165, 1.54) is 0 Å². The Morgan fingerprint density at radius 1 is 1.17 bits per heavy atom. The van der Waals surface area contributed by atoms with Crippen LogP contribution >= 0.6 is 0 Å². The summed E-state index contributed by atoms with van der Waals surface area (Å²) in [7, 11) is 1.59. The molecule has 0 heterocycles. The van der Waals surface area contributed by atoms with Crippen molar-refractivity contribution in [2.45, 2.75) is 50.1 Å². The van der Waals surface area contributed by atoms with Gasteiger partial charge in [0.1, 0.15) is 0 Å². The fraction of sp³-hybridized carbons (Fsp3) is 0.529. The Bertz CT molecular complexity index is 516. The predicted octanol–water partition coefficient (Wildman–Crippen LogP) is -2.61. The molecule has 0 aromatic heterocycles. The van der Waals surface area contributed by atoms with Crippen molar-refractivity contribution in [1.29, 1.82) is 0 Å². The molecule has 1 aromatic carbocycles. The van der Waals surface area contributed by atoms with E-state index in [9.17, 15) is 14.7 Å². The molecule has 120 valence electrons. The van der Waals surface area contributed by atoms with Crippen LogP contribution in [0.5, 0.6) is 0 Å². The Balaban J connectivity index is 0.00000264. The number of benzene rings is 1. The van der Waals surface area contributed by atoms with Gasteiger partial charge in [-0.25, -0.2) is 0 Å². The molecule has 1 aliphatic carbocycles. The maximum absolute atomic E-state index is 12.3. The van der Waals surface area contributed by atoms with Gasteiger partial charge in [0, 0.05) is 7.05 Å². The van der Waals surface area contributed by atoms with Gasteiger partial charge < -0.3 is 15.2 Å². The van der Waals surface area contributed by atoms with Crippen molar-refractivity contribution in [3.05, 3.63) is 35.9 Å². The summed E-state index contributed by atoms with van der Waals surface area (Å²) in [5.41, 5.74) is 0.110. The Kier molecular flexibility index (Phi) is 8.26. The minimum absolute atomic E-state index is 0. The minimum Gasteiger partial charge on any atom is -0.548 e. The third-order valence-electron chi connectivity index (χ3n) is 4.39. The summed E-state index contributed by atoms with van der Waals surface area (Å²) in [6.45, 7) is 0. The monoisotopic (exact) mass is 326 g/mol. The number of carbonyl (C=O) groups is 2. The van der Waals surface area contributed by atoms with Gasteiger partial charge in [0.2, 0.25) is 5.91 Å². The number of carboxylic acid groups (broad SMARTS) is 1. The van der Waals surface area contributed by atoms with E-state index >= 15 is 0 Å². The first-order chi connectivity index (χ1) is 10.6. The molecule has 0 unspecified atom stereocenters. The number of nitrogens with one attached hydrogen (secondary N) is 2. The van der Waals surface area contributed by atoms with Gasteiger partial charge in [-0.15, -0.1) is 0 Å². The number of hydrogen-bond acceptors (Lipinski definition) is 4. The molecule has 0 spiro atoms. The van der Waals surface area contributed by atoms with Crippen LogP contribution in [0.1, 0.15) is 37.7 Å². The molecule has 1 amide bonds. The van der Waals surface area contributed by atoms with Gasteiger partial charge in [0.25, 0.3) is 0 Å². The second-order valence-electron chi connectivity index (χ2n) is 5.93. The summed E-state index contributed by atoms with van der Waals surface area (Å²) in [6.07, 6.45) is 4.55. The normalized spacial score (nSPS) is 17.6. The molecule has 1 fully saturated rings. The van der Waals surface area contributed by atoms with Gasteiger partial charge in [-0.1, -0.05) is 49.6 Å². The number of likely N-dealkylation sites (N-methyl/N-ethyl adjacent to an activating group) is 1. The van der Waals surface area contributed by atoms with Crippen molar-refractivity contribution in [2.24, 2.45) is 0 Å². The Hall–Kier alpha value is -0.880. The summed E-state index contributed by atoms with van der Waals surface area (Å²) in [4.78, 5) is 23.8. The maximum atomic E-state index is 12.3. The molecule has 6 heteroatoms.